The Labute approximate surface area is 142 Å². The van der Waals surface area contributed by atoms with Crippen LogP contribution in [0, 0.1) is 0 Å². The number of halogens is 12. The molecule has 0 unspecified atom stereocenters. The summed E-state index contributed by atoms with van der Waals surface area (Å²) in [5, 5.41) is 0.584. The van der Waals surface area contributed by atoms with Crippen LogP contribution in [0.25, 0.3) is 0 Å². The number of ether oxygens (including phenoxy) is 2. The van der Waals surface area contributed by atoms with E-state index in [1.54, 1.807) is 0 Å². The summed E-state index contributed by atoms with van der Waals surface area (Å²) < 4.78 is 144. The van der Waals surface area contributed by atoms with Gasteiger partial charge in [0, 0.05) is 11.9 Å². The maximum absolute atomic E-state index is 13.0. The molecule has 25 heavy (non-hydrogen) atoms. The fraction of sp³-hybridized carbons (Fsp3) is 1.00. The summed E-state index contributed by atoms with van der Waals surface area (Å²) in [5.74, 6) is -14.6. The fourth-order valence-corrected chi connectivity index (χ4v) is 1.70. The predicted octanol–water partition coefficient (Wildman–Crippen LogP) is 5.60. The largest absolute Gasteiger partial charge is 0.460 e. The molecule has 0 saturated carbocycles. The van der Waals surface area contributed by atoms with Crippen molar-refractivity contribution >= 4 is 15.9 Å². The molecule has 0 heterocycles. The summed E-state index contributed by atoms with van der Waals surface area (Å²) in [6.45, 7) is -2.46. The van der Waals surface area contributed by atoms with E-state index >= 15 is 0 Å². The van der Waals surface area contributed by atoms with Crippen LogP contribution in [0.15, 0.2) is 0 Å². The van der Waals surface area contributed by atoms with Crippen LogP contribution in [0.5, 0.6) is 0 Å². The monoisotopic (exact) mass is 464 g/mol. The molecule has 0 atom stereocenters. The highest BCUT2D eigenvalue weighted by Gasteiger charge is 2.83. The lowest BCUT2D eigenvalue weighted by Gasteiger charge is -2.34. The third-order valence-corrected chi connectivity index (χ3v) is 3.15. The summed E-state index contributed by atoms with van der Waals surface area (Å²) in [6.07, 6.45) is -17.9. The van der Waals surface area contributed by atoms with E-state index in [4.69, 9.17) is 0 Å². The Morgan fingerprint density at radius 1 is 0.680 bits per heavy atom. The summed E-state index contributed by atoms with van der Waals surface area (Å²) >= 11 is 3.06. The Kier molecular flexibility index (Phi) is 8.42. The lowest BCUT2D eigenvalue weighted by Crippen LogP contribution is -2.63. The standard InChI is InChI=1S/C11H12BrF11O2/c12-4-2-1-3-5-24-6-7(13,14)25-11(22,23)9(17,18)8(15,16)10(19,20)21/h1-6H2. The minimum atomic E-state index is -7.31. The molecule has 0 aliphatic heterocycles. The Hall–Kier alpha value is -0.370. The molecule has 0 aromatic rings. The second-order valence-corrected chi connectivity index (χ2v) is 5.50. The third kappa shape index (κ3) is 6.38. The van der Waals surface area contributed by atoms with E-state index in [0.717, 1.165) is 0 Å². The van der Waals surface area contributed by atoms with Crippen LogP contribution in [0.3, 0.4) is 0 Å². The summed E-state index contributed by atoms with van der Waals surface area (Å²) in [6, 6.07) is 0. The van der Waals surface area contributed by atoms with Crippen LogP contribution in [-0.2, 0) is 9.47 Å². The third-order valence-electron chi connectivity index (χ3n) is 2.59. The minimum absolute atomic E-state index is 0.181. The first-order valence-corrected chi connectivity index (χ1v) is 7.56. The van der Waals surface area contributed by atoms with E-state index in [1.807, 2.05) is 0 Å². The van der Waals surface area contributed by atoms with E-state index < -0.39 is 43.5 Å². The van der Waals surface area contributed by atoms with Gasteiger partial charge in [-0.1, -0.05) is 22.4 Å². The number of alkyl halides is 12. The normalized spacial score (nSPS) is 14.9. The molecule has 0 aromatic heterocycles. The lowest BCUT2D eigenvalue weighted by atomic mass is 10.1. The highest BCUT2D eigenvalue weighted by molar-refractivity contribution is 9.09. The van der Waals surface area contributed by atoms with E-state index in [2.05, 4.69) is 25.4 Å². The molecule has 0 spiro atoms. The van der Waals surface area contributed by atoms with Crippen LogP contribution in [-0.4, -0.2) is 48.8 Å². The maximum Gasteiger partial charge on any atom is 0.460 e. The average molecular weight is 465 g/mol. The molecule has 0 saturated heterocycles. The van der Waals surface area contributed by atoms with Crippen LogP contribution < -0.4 is 0 Å². The van der Waals surface area contributed by atoms with E-state index in [1.165, 1.54) is 0 Å². The lowest BCUT2D eigenvalue weighted by molar-refractivity contribution is -0.484. The molecular weight excluding hydrogens is 453 g/mol. The van der Waals surface area contributed by atoms with Gasteiger partial charge in [-0.25, -0.2) is 4.74 Å². The van der Waals surface area contributed by atoms with E-state index in [0.29, 0.717) is 18.2 Å². The fourth-order valence-electron chi connectivity index (χ4n) is 1.31. The van der Waals surface area contributed by atoms with Gasteiger partial charge in [-0.15, -0.1) is 0 Å². The van der Waals surface area contributed by atoms with Crippen LogP contribution in [0.2, 0.25) is 0 Å². The molecule has 0 radical (unpaired) electrons. The zero-order chi connectivity index (χ0) is 20.2. The molecule has 0 N–H and O–H groups in total. The van der Waals surface area contributed by atoms with Gasteiger partial charge < -0.3 is 4.74 Å². The Morgan fingerprint density at radius 3 is 1.64 bits per heavy atom. The Morgan fingerprint density at radius 2 is 1.20 bits per heavy atom. The van der Waals surface area contributed by atoms with Gasteiger partial charge >= 0.3 is 30.2 Å². The first-order chi connectivity index (χ1) is 11.0. The molecule has 0 bridgehead atoms. The van der Waals surface area contributed by atoms with Crippen LogP contribution in [0.4, 0.5) is 48.3 Å². The summed E-state index contributed by atoms with van der Waals surface area (Å²) in [7, 11) is 0. The molecule has 14 heteroatoms. The van der Waals surface area contributed by atoms with Crippen molar-refractivity contribution in [1.82, 2.24) is 0 Å². The smallest absolute Gasteiger partial charge is 0.372 e. The summed E-state index contributed by atoms with van der Waals surface area (Å²) in [4.78, 5) is 0. The van der Waals surface area contributed by atoms with Crippen molar-refractivity contribution in [3.05, 3.63) is 0 Å². The highest BCUT2D eigenvalue weighted by Crippen LogP contribution is 2.54. The number of rotatable bonds is 11. The van der Waals surface area contributed by atoms with Crippen molar-refractivity contribution in [3.8, 4) is 0 Å². The average Bonchev–Trinajstić information content (AvgIpc) is 2.39. The number of hydrogen-bond donors (Lipinski definition) is 0. The van der Waals surface area contributed by atoms with Crippen molar-refractivity contribution in [3.63, 3.8) is 0 Å². The maximum atomic E-state index is 13.0. The first kappa shape index (κ1) is 24.6. The highest BCUT2D eigenvalue weighted by atomic mass is 79.9. The van der Waals surface area contributed by atoms with Crippen molar-refractivity contribution in [2.24, 2.45) is 0 Å². The van der Waals surface area contributed by atoms with E-state index in [9.17, 15) is 48.3 Å². The van der Waals surface area contributed by atoms with Crippen molar-refractivity contribution in [1.29, 1.82) is 0 Å². The Bertz CT molecular complexity index is 411. The quantitative estimate of drug-likeness (QED) is 0.225. The van der Waals surface area contributed by atoms with Crippen molar-refractivity contribution in [2.45, 2.75) is 49.5 Å². The van der Waals surface area contributed by atoms with Gasteiger partial charge in [0.2, 0.25) is 0 Å². The number of unbranched alkanes of at least 4 members (excludes halogenated alkanes) is 2. The van der Waals surface area contributed by atoms with Gasteiger partial charge in [0.05, 0.1) is 0 Å². The minimum Gasteiger partial charge on any atom is -0.372 e. The molecule has 0 aliphatic carbocycles. The summed E-state index contributed by atoms with van der Waals surface area (Å²) in [5.41, 5.74) is 0. The van der Waals surface area contributed by atoms with Gasteiger partial charge in [0.1, 0.15) is 6.61 Å². The van der Waals surface area contributed by atoms with Crippen molar-refractivity contribution in [2.75, 3.05) is 18.5 Å². The van der Waals surface area contributed by atoms with Crippen LogP contribution >= 0.6 is 15.9 Å². The van der Waals surface area contributed by atoms with Gasteiger partial charge in [-0.3, -0.25) is 0 Å². The Balaban J connectivity index is 4.91. The molecule has 0 aromatic carbocycles. The zero-order valence-corrected chi connectivity index (χ0v) is 13.7. The van der Waals surface area contributed by atoms with Gasteiger partial charge in [-0.2, -0.15) is 48.3 Å². The predicted molar refractivity (Wildman–Crippen MR) is 65.4 cm³/mol. The van der Waals surface area contributed by atoms with Gasteiger partial charge in [0.25, 0.3) is 0 Å². The first-order valence-electron chi connectivity index (χ1n) is 6.44. The van der Waals surface area contributed by atoms with Gasteiger partial charge in [0.15, 0.2) is 0 Å². The molecule has 2 nitrogen and oxygen atoms in total. The van der Waals surface area contributed by atoms with Crippen LogP contribution in [0.1, 0.15) is 19.3 Å². The molecule has 0 aliphatic rings. The zero-order valence-electron chi connectivity index (χ0n) is 12.1. The SMILES string of the molecule is FC(F)(COCCCCCBr)OC(F)(F)C(F)(F)C(F)(F)C(F)(F)F. The van der Waals surface area contributed by atoms with E-state index in [-0.39, 0.29) is 6.42 Å². The van der Waals surface area contributed by atoms with Crippen molar-refractivity contribution < 1.29 is 57.8 Å². The molecule has 0 rings (SSSR count). The molecular formula is C11H12BrF11O2. The second-order valence-electron chi connectivity index (χ2n) is 4.70. The number of hydrogen-bond acceptors (Lipinski definition) is 2. The van der Waals surface area contributed by atoms with Gasteiger partial charge in [-0.05, 0) is 12.8 Å². The molecule has 0 fully saturated rings. The topological polar surface area (TPSA) is 18.5 Å². The second kappa shape index (κ2) is 8.55. The molecule has 0 amide bonds. The molecule has 152 valence electrons.